The van der Waals surface area contributed by atoms with E-state index in [1.807, 2.05) is 0 Å². The zero-order valence-electron chi connectivity index (χ0n) is 11.8. The first-order valence-corrected chi connectivity index (χ1v) is 8.84. The highest BCUT2D eigenvalue weighted by atomic mass is 32.2. The maximum absolute atomic E-state index is 11.5. The second-order valence-corrected chi connectivity index (χ2v) is 7.41. The number of sulfonamides is 1. The van der Waals surface area contributed by atoms with Gasteiger partial charge in [0.2, 0.25) is 10.0 Å². The van der Waals surface area contributed by atoms with Crippen molar-refractivity contribution in [2.24, 2.45) is 5.92 Å². The van der Waals surface area contributed by atoms with Gasteiger partial charge in [-0.1, -0.05) is 6.92 Å². The third kappa shape index (κ3) is 4.13. The van der Waals surface area contributed by atoms with Crippen LogP contribution >= 0.6 is 0 Å². The van der Waals surface area contributed by atoms with E-state index in [0.29, 0.717) is 25.0 Å². The highest BCUT2D eigenvalue weighted by Gasteiger charge is 2.31. The first kappa shape index (κ1) is 15.2. The normalized spacial score (nSPS) is 30.8. The fraction of sp³-hybridized carbons (Fsp3) is 1.00. The monoisotopic (exact) mass is 291 g/mol. The lowest BCUT2D eigenvalue weighted by Gasteiger charge is -2.35. The predicted molar refractivity (Wildman–Crippen MR) is 74.6 cm³/mol. The van der Waals surface area contributed by atoms with Crippen LogP contribution in [0.2, 0.25) is 0 Å². The SMILES string of the molecule is CCNC1COCC1CN1CCN(S(C)(=O)=O)CC1. The van der Waals surface area contributed by atoms with E-state index in [1.165, 1.54) is 6.26 Å². The van der Waals surface area contributed by atoms with E-state index in [9.17, 15) is 8.42 Å². The van der Waals surface area contributed by atoms with Gasteiger partial charge in [-0.25, -0.2) is 8.42 Å². The van der Waals surface area contributed by atoms with Crippen LogP contribution in [-0.4, -0.2) is 82.4 Å². The van der Waals surface area contributed by atoms with Crippen LogP contribution in [0.15, 0.2) is 0 Å². The highest BCUT2D eigenvalue weighted by molar-refractivity contribution is 7.88. The van der Waals surface area contributed by atoms with Gasteiger partial charge in [0.05, 0.1) is 19.5 Å². The maximum Gasteiger partial charge on any atom is 0.211 e. The maximum atomic E-state index is 11.5. The fourth-order valence-electron chi connectivity index (χ4n) is 2.84. The lowest BCUT2D eigenvalue weighted by Crippen LogP contribution is -2.51. The topological polar surface area (TPSA) is 61.9 Å². The molecule has 1 N–H and O–H groups in total. The summed E-state index contributed by atoms with van der Waals surface area (Å²) in [5, 5.41) is 3.46. The van der Waals surface area contributed by atoms with Gasteiger partial charge in [0.25, 0.3) is 0 Å². The molecule has 2 saturated heterocycles. The van der Waals surface area contributed by atoms with Crippen molar-refractivity contribution in [3.63, 3.8) is 0 Å². The van der Waals surface area contributed by atoms with Crippen LogP contribution in [0, 0.1) is 5.92 Å². The van der Waals surface area contributed by atoms with Gasteiger partial charge in [0.1, 0.15) is 0 Å². The molecule has 2 heterocycles. The summed E-state index contributed by atoms with van der Waals surface area (Å²) in [6.07, 6.45) is 1.29. The molecular weight excluding hydrogens is 266 g/mol. The molecule has 0 amide bonds. The molecule has 0 saturated carbocycles. The van der Waals surface area contributed by atoms with Crippen molar-refractivity contribution in [3.05, 3.63) is 0 Å². The van der Waals surface area contributed by atoms with Crippen LogP contribution in [0.4, 0.5) is 0 Å². The Bertz CT molecular complexity index is 380. The minimum Gasteiger partial charge on any atom is -0.379 e. The summed E-state index contributed by atoms with van der Waals surface area (Å²) in [5.41, 5.74) is 0. The molecular formula is C12H25N3O3S. The van der Waals surface area contributed by atoms with Crippen LogP contribution in [0.1, 0.15) is 6.92 Å². The molecule has 7 heteroatoms. The molecule has 0 bridgehead atoms. The minimum absolute atomic E-state index is 0.443. The van der Waals surface area contributed by atoms with Crippen molar-refractivity contribution in [1.82, 2.24) is 14.5 Å². The minimum atomic E-state index is -3.03. The van der Waals surface area contributed by atoms with Gasteiger partial charge in [-0.15, -0.1) is 0 Å². The van der Waals surface area contributed by atoms with Crippen molar-refractivity contribution < 1.29 is 13.2 Å². The molecule has 2 aliphatic heterocycles. The number of hydrogen-bond acceptors (Lipinski definition) is 5. The molecule has 2 rings (SSSR count). The average molecular weight is 291 g/mol. The highest BCUT2D eigenvalue weighted by Crippen LogP contribution is 2.16. The summed E-state index contributed by atoms with van der Waals surface area (Å²) in [5.74, 6) is 0.518. The molecule has 0 aromatic carbocycles. The van der Waals surface area contributed by atoms with E-state index >= 15 is 0 Å². The molecule has 2 atom stereocenters. The second-order valence-electron chi connectivity index (χ2n) is 5.42. The Hall–Kier alpha value is -0.210. The van der Waals surface area contributed by atoms with Gasteiger partial charge < -0.3 is 15.0 Å². The second kappa shape index (κ2) is 6.49. The largest absolute Gasteiger partial charge is 0.379 e. The lowest BCUT2D eigenvalue weighted by molar-refractivity contribution is 0.143. The Morgan fingerprint density at radius 1 is 1.21 bits per heavy atom. The third-order valence-corrected chi connectivity index (χ3v) is 5.26. The number of piperazine rings is 1. The molecule has 19 heavy (non-hydrogen) atoms. The van der Waals surface area contributed by atoms with Crippen molar-refractivity contribution in [3.8, 4) is 0 Å². The summed E-state index contributed by atoms with van der Waals surface area (Å²) in [4.78, 5) is 2.35. The number of rotatable bonds is 5. The molecule has 0 aliphatic carbocycles. The Morgan fingerprint density at radius 3 is 2.47 bits per heavy atom. The number of nitrogens with one attached hydrogen (secondary N) is 1. The van der Waals surface area contributed by atoms with E-state index in [0.717, 1.165) is 39.4 Å². The van der Waals surface area contributed by atoms with E-state index in [4.69, 9.17) is 4.74 Å². The number of likely N-dealkylation sites (N-methyl/N-ethyl adjacent to an activating group) is 1. The average Bonchev–Trinajstić information content (AvgIpc) is 2.77. The van der Waals surface area contributed by atoms with Gasteiger partial charge in [-0.2, -0.15) is 4.31 Å². The Labute approximate surface area is 116 Å². The number of hydrogen-bond donors (Lipinski definition) is 1. The van der Waals surface area contributed by atoms with Crippen molar-refractivity contribution in [2.45, 2.75) is 13.0 Å². The summed E-state index contributed by atoms with van der Waals surface area (Å²) in [6.45, 7) is 8.54. The van der Waals surface area contributed by atoms with Crippen molar-refractivity contribution in [1.29, 1.82) is 0 Å². The van der Waals surface area contributed by atoms with Gasteiger partial charge >= 0.3 is 0 Å². The number of nitrogens with zero attached hydrogens (tertiary/aromatic N) is 2. The quantitative estimate of drug-likeness (QED) is 0.718. The summed E-state index contributed by atoms with van der Waals surface area (Å²) in [7, 11) is -3.03. The van der Waals surface area contributed by atoms with E-state index < -0.39 is 10.0 Å². The van der Waals surface area contributed by atoms with Gasteiger partial charge in [-0.05, 0) is 6.54 Å². The predicted octanol–water partition coefficient (Wildman–Crippen LogP) is -0.812. The molecule has 6 nitrogen and oxygen atoms in total. The van der Waals surface area contributed by atoms with Crippen LogP contribution in [-0.2, 0) is 14.8 Å². The Kier molecular flexibility index (Phi) is 5.19. The molecule has 112 valence electrons. The molecule has 2 unspecified atom stereocenters. The molecule has 0 spiro atoms. The van der Waals surface area contributed by atoms with E-state index in [2.05, 4.69) is 17.1 Å². The summed E-state index contributed by atoms with van der Waals surface area (Å²) < 4.78 is 30.0. The molecule has 2 fully saturated rings. The zero-order valence-corrected chi connectivity index (χ0v) is 12.7. The van der Waals surface area contributed by atoms with Crippen LogP contribution in [0.5, 0.6) is 0 Å². The van der Waals surface area contributed by atoms with Crippen LogP contribution in [0.25, 0.3) is 0 Å². The standard InChI is InChI=1S/C12H25N3O3S/c1-3-13-12-10-18-9-11(12)8-14-4-6-15(7-5-14)19(2,16)17/h11-13H,3-10H2,1-2H3. The first-order valence-electron chi connectivity index (χ1n) is 6.99. The number of ether oxygens (including phenoxy) is 1. The summed E-state index contributed by atoms with van der Waals surface area (Å²) in [6, 6.07) is 0.443. The molecule has 0 aromatic heterocycles. The molecule has 0 radical (unpaired) electrons. The molecule has 0 aromatic rings. The summed E-state index contributed by atoms with van der Waals surface area (Å²) >= 11 is 0. The van der Waals surface area contributed by atoms with Crippen LogP contribution < -0.4 is 5.32 Å². The third-order valence-electron chi connectivity index (χ3n) is 3.96. The Morgan fingerprint density at radius 2 is 1.89 bits per heavy atom. The van der Waals surface area contributed by atoms with Gasteiger partial charge in [0, 0.05) is 44.7 Å². The Balaban J connectivity index is 1.79. The van der Waals surface area contributed by atoms with Gasteiger partial charge in [-0.3, -0.25) is 0 Å². The smallest absolute Gasteiger partial charge is 0.211 e. The van der Waals surface area contributed by atoms with Crippen LogP contribution in [0.3, 0.4) is 0 Å². The van der Waals surface area contributed by atoms with Gasteiger partial charge in [0.15, 0.2) is 0 Å². The lowest BCUT2D eigenvalue weighted by atomic mass is 10.0. The van der Waals surface area contributed by atoms with E-state index in [1.54, 1.807) is 4.31 Å². The van der Waals surface area contributed by atoms with Crippen molar-refractivity contribution >= 4 is 10.0 Å². The zero-order chi connectivity index (χ0) is 13.9. The van der Waals surface area contributed by atoms with Crippen molar-refractivity contribution in [2.75, 3.05) is 58.7 Å². The molecule has 2 aliphatic rings. The van der Waals surface area contributed by atoms with E-state index in [-0.39, 0.29) is 0 Å². The fourth-order valence-corrected chi connectivity index (χ4v) is 3.67. The first-order chi connectivity index (χ1) is 9.00.